The Morgan fingerprint density at radius 2 is 2.18 bits per heavy atom. The van der Waals surface area contributed by atoms with E-state index in [-0.39, 0.29) is 11.5 Å². The summed E-state index contributed by atoms with van der Waals surface area (Å²) in [6, 6.07) is 6.65. The molecule has 0 spiro atoms. The Hall–Kier alpha value is -2.17. The predicted octanol–water partition coefficient (Wildman–Crippen LogP) is 2.09. The normalized spacial score (nSPS) is 10.8. The monoisotopic (exact) mass is 231 g/mol. The summed E-state index contributed by atoms with van der Waals surface area (Å²) in [6.45, 7) is 4.08. The van der Waals surface area contributed by atoms with Gasteiger partial charge in [-0.15, -0.1) is 5.10 Å². The van der Waals surface area contributed by atoms with Crippen molar-refractivity contribution >= 4 is 5.97 Å². The lowest BCUT2D eigenvalue weighted by Crippen LogP contribution is -2.05. The quantitative estimate of drug-likeness (QED) is 0.878. The van der Waals surface area contributed by atoms with Gasteiger partial charge in [-0.3, -0.25) is 0 Å². The van der Waals surface area contributed by atoms with Crippen LogP contribution in [0.4, 0.5) is 0 Å². The van der Waals surface area contributed by atoms with E-state index in [9.17, 15) is 4.79 Å². The highest BCUT2D eigenvalue weighted by Crippen LogP contribution is 2.17. The summed E-state index contributed by atoms with van der Waals surface area (Å²) in [5.41, 5.74) is 1.91. The third-order valence-corrected chi connectivity index (χ3v) is 2.50. The fourth-order valence-electron chi connectivity index (χ4n) is 1.61. The lowest BCUT2D eigenvalue weighted by atomic mass is 10.1. The Bertz CT molecular complexity index is 546. The first-order chi connectivity index (χ1) is 8.09. The Morgan fingerprint density at radius 3 is 2.82 bits per heavy atom. The summed E-state index contributed by atoms with van der Waals surface area (Å²) in [4.78, 5) is 10.9. The van der Waals surface area contributed by atoms with Gasteiger partial charge in [0.25, 0.3) is 0 Å². The number of hydrogen-bond acceptors (Lipinski definition) is 3. The average Bonchev–Trinajstić information content (AvgIpc) is 2.78. The summed E-state index contributed by atoms with van der Waals surface area (Å²) < 4.78 is 1.66. The molecule has 0 radical (unpaired) electrons. The van der Waals surface area contributed by atoms with Crippen molar-refractivity contribution in [2.24, 2.45) is 0 Å². The molecule has 17 heavy (non-hydrogen) atoms. The third kappa shape index (κ3) is 2.18. The van der Waals surface area contributed by atoms with Crippen LogP contribution >= 0.6 is 0 Å². The van der Waals surface area contributed by atoms with Crippen LogP contribution in [-0.4, -0.2) is 26.1 Å². The fourth-order valence-corrected chi connectivity index (χ4v) is 1.61. The maximum Gasteiger partial charge on any atom is 0.335 e. The van der Waals surface area contributed by atoms with Crippen molar-refractivity contribution in [3.05, 3.63) is 41.7 Å². The largest absolute Gasteiger partial charge is 0.478 e. The zero-order valence-corrected chi connectivity index (χ0v) is 9.66. The van der Waals surface area contributed by atoms with Crippen molar-refractivity contribution in [3.63, 3.8) is 0 Å². The van der Waals surface area contributed by atoms with Crippen molar-refractivity contribution < 1.29 is 9.90 Å². The first kappa shape index (κ1) is 11.3. The Kier molecular flexibility index (Phi) is 2.91. The fraction of sp³-hybridized carbons (Fsp3) is 0.250. The van der Waals surface area contributed by atoms with E-state index < -0.39 is 5.97 Å². The zero-order valence-electron chi connectivity index (χ0n) is 9.66. The number of rotatable bonds is 3. The van der Waals surface area contributed by atoms with Crippen molar-refractivity contribution in [2.75, 3.05) is 0 Å². The van der Waals surface area contributed by atoms with Crippen LogP contribution in [-0.2, 0) is 0 Å². The number of carboxylic acid groups (broad SMARTS) is 1. The van der Waals surface area contributed by atoms with E-state index >= 15 is 0 Å². The van der Waals surface area contributed by atoms with Gasteiger partial charge in [0.15, 0.2) is 0 Å². The van der Waals surface area contributed by atoms with Gasteiger partial charge >= 0.3 is 5.97 Å². The predicted molar refractivity (Wildman–Crippen MR) is 62.4 cm³/mol. The number of carbonyl (C=O) groups is 1. The van der Waals surface area contributed by atoms with Crippen LogP contribution in [0.5, 0.6) is 0 Å². The van der Waals surface area contributed by atoms with Gasteiger partial charge in [0.05, 0.1) is 23.1 Å². The molecule has 0 unspecified atom stereocenters. The minimum atomic E-state index is -0.946. The SMILES string of the molecule is CC(C)c1cnnn1-c1cccc(C(=O)O)c1. The second-order valence-electron chi connectivity index (χ2n) is 4.08. The Morgan fingerprint density at radius 1 is 1.41 bits per heavy atom. The van der Waals surface area contributed by atoms with Crippen LogP contribution in [0, 0.1) is 0 Å². The molecule has 1 heterocycles. The molecule has 1 aromatic carbocycles. The number of carboxylic acids is 1. The molecule has 0 amide bonds. The van der Waals surface area contributed by atoms with Crippen molar-refractivity contribution in [1.29, 1.82) is 0 Å². The molecule has 0 atom stereocenters. The molecule has 1 aromatic heterocycles. The number of aromatic carboxylic acids is 1. The number of benzene rings is 1. The lowest BCUT2D eigenvalue weighted by Gasteiger charge is -2.08. The van der Waals surface area contributed by atoms with Gasteiger partial charge in [-0.25, -0.2) is 9.48 Å². The smallest absolute Gasteiger partial charge is 0.335 e. The molecule has 2 aromatic rings. The minimum Gasteiger partial charge on any atom is -0.478 e. The average molecular weight is 231 g/mol. The third-order valence-electron chi connectivity index (χ3n) is 2.50. The maximum atomic E-state index is 10.9. The van der Waals surface area contributed by atoms with E-state index in [4.69, 9.17) is 5.11 Å². The molecular weight excluding hydrogens is 218 g/mol. The number of hydrogen-bond donors (Lipinski definition) is 1. The van der Waals surface area contributed by atoms with Gasteiger partial charge in [-0.1, -0.05) is 25.1 Å². The highest BCUT2D eigenvalue weighted by Gasteiger charge is 2.11. The second-order valence-corrected chi connectivity index (χ2v) is 4.08. The maximum absolute atomic E-state index is 10.9. The van der Waals surface area contributed by atoms with Crippen LogP contribution < -0.4 is 0 Å². The molecule has 0 aliphatic heterocycles. The molecule has 0 saturated carbocycles. The molecule has 5 heteroatoms. The van der Waals surface area contributed by atoms with E-state index in [1.54, 1.807) is 29.1 Å². The van der Waals surface area contributed by atoms with Gasteiger partial charge < -0.3 is 5.11 Å². The summed E-state index contributed by atoms with van der Waals surface area (Å²) in [7, 11) is 0. The van der Waals surface area contributed by atoms with Crippen LogP contribution in [0.1, 0.15) is 35.8 Å². The van der Waals surface area contributed by atoms with E-state index in [1.165, 1.54) is 0 Å². The van der Waals surface area contributed by atoms with Crippen LogP contribution in [0.25, 0.3) is 5.69 Å². The van der Waals surface area contributed by atoms with Gasteiger partial charge in [0.2, 0.25) is 0 Å². The van der Waals surface area contributed by atoms with Crippen LogP contribution in [0.2, 0.25) is 0 Å². The Labute approximate surface area is 98.7 Å². The number of aromatic nitrogens is 3. The topological polar surface area (TPSA) is 68.0 Å². The van der Waals surface area contributed by atoms with Gasteiger partial charge in [0.1, 0.15) is 0 Å². The lowest BCUT2D eigenvalue weighted by molar-refractivity contribution is 0.0697. The molecule has 88 valence electrons. The summed E-state index contributed by atoms with van der Waals surface area (Å²) >= 11 is 0. The van der Waals surface area contributed by atoms with E-state index in [1.807, 2.05) is 19.9 Å². The summed E-state index contributed by atoms with van der Waals surface area (Å²) in [5, 5.41) is 16.8. The standard InChI is InChI=1S/C12H13N3O2/c1-8(2)11-7-13-14-15(11)10-5-3-4-9(6-10)12(16)17/h3-8H,1-2H3,(H,16,17). The molecule has 0 aliphatic rings. The van der Waals surface area contributed by atoms with Gasteiger partial charge in [0, 0.05) is 0 Å². The molecule has 0 bridgehead atoms. The molecule has 5 nitrogen and oxygen atoms in total. The highest BCUT2D eigenvalue weighted by molar-refractivity contribution is 5.88. The van der Waals surface area contributed by atoms with Crippen molar-refractivity contribution in [2.45, 2.75) is 19.8 Å². The minimum absolute atomic E-state index is 0.243. The second kappa shape index (κ2) is 4.37. The van der Waals surface area contributed by atoms with Crippen molar-refractivity contribution in [1.82, 2.24) is 15.0 Å². The molecule has 0 saturated heterocycles. The number of nitrogens with zero attached hydrogens (tertiary/aromatic N) is 3. The summed E-state index contributed by atoms with van der Waals surface area (Å²) in [6.07, 6.45) is 1.69. The molecule has 2 rings (SSSR count). The van der Waals surface area contributed by atoms with Crippen LogP contribution in [0.15, 0.2) is 30.5 Å². The molecule has 1 N–H and O–H groups in total. The van der Waals surface area contributed by atoms with E-state index in [2.05, 4.69) is 10.3 Å². The van der Waals surface area contributed by atoms with E-state index in [0.717, 1.165) is 5.69 Å². The zero-order chi connectivity index (χ0) is 12.4. The Balaban J connectivity index is 2.49. The highest BCUT2D eigenvalue weighted by atomic mass is 16.4. The van der Waals surface area contributed by atoms with Gasteiger partial charge in [-0.2, -0.15) is 0 Å². The van der Waals surface area contributed by atoms with E-state index in [0.29, 0.717) is 5.69 Å². The first-order valence-electron chi connectivity index (χ1n) is 5.34. The van der Waals surface area contributed by atoms with Gasteiger partial charge in [-0.05, 0) is 24.1 Å². The molecule has 0 fully saturated rings. The first-order valence-corrected chi connectivity index (χ1v) is 5.34. The molecular formula is C12H13N3O2. The summed E-state index contributed by atoms with van der Waals surface area (Å²) in [5.74, 6) is -0.670. The molecule has 0 aliphatic carbocycles. The van der Waals surface area contributed by atoms with Crippen LogP contribution in [0.3, 0.4) is 0 Å². The van der Waals surface area contributed by atoms with Crippen molar-refractivity contribution in [3.8, 4) is 5.69 Å².